The zero-order valence-electron chi connectivity index (χ0n) is 22.4. The molecule has 2 aliphatic rings. The van der Waals surface area contributed by atoms with Crippen molar-refractivity contribution >= 4 is 34.2 Å². The van der Waals surface area contributed by atoms with Crippen LogP contribution in [-0.2, 0) is 16.1 Å². The Kier molecular flexibility index (Phi) is 7.77. The molecule has 1 aliphatic carbocycles. The Morgan fingerprint density at radius 2 is 1.76 bits per heavy atom. The first-order valence-corrected chi connectivity index (χ1v) is 14.0. The summed E-state index contributed by atoms with van der Waals surface area (Å²) in [6.45, 7) is 4.86. The van der Waals surface area contributed by atoms with E-state index >= 15 is 0 Å². The lowest BCUT2D eigenvalue weighted by molar-refractivity contribution is -0.141. The van der Waals surface area contributed by atoms with Crippen LogP contribution in [0.3, 0.4) is 0 Å². The van der Waals surface area contributed by atoms with Crippen molar-refractivity contribution in [3.8, 4) is 0 Å². The monoisotopic (exact) mass is 511 g/mol. The first kappa shape index (κ1) is 26.0. The summed E-state index contributed by atoms with van der Waals surface area (Å²) >= 11 is 0. The van der Waals surface area contributed by atoms with Gasteiger partial charge in [-0.3, -0.25) is 14.4 Å². The summed E-state index contributed by atoms with van der Waals surface area (Å²) in [6.07, 6.45) is 5.65. The number of aryl methyl sites for hydroxylation is 1. The van der Waals surface area contributed by atoms with Gasteiger partial charge in [0.25, 0.3) is 5.91 Å². The highest BCUT2D eigenvalue weighted by Crippen LogP contribution is 2.37. The van der Waals surface area contributed by atoms with Gasteiger partial charge in [-0.2, -0.15) is 0 Å². The second-order valence-corrected chi connectivity index (χ2v) is 10.6. The van der Waals surface area contributed by atoms with E-state index in [1.54, 1.807) is 9.80 Å². The zero-order valence-corrected chi connectivity index (χ0v) is 22.4. The number of benzene rings is 3. The van der Waals surface area contributed by atoms with Crippen molar-refractivity contribution in [2.45, 2.75) is 77.4 Å². The van der Waals surface area contributed by atoms with E-state index < -0.39 is 6.04 Å². The maximum Gasteiger partial charge on any atom is 0.258 e. The van der Waals surface area contributed by atoms with Crippen LogP contribution in [0.2, 0.25) is 0 Å². The first-order chi connectivity index (χ1) is 18.5. The molecule has 0 unspecified atom stereocenters. The molecule has 0 aromatic heterocycles. The molecule has 6 heteroatoms. The standard InChI is InChI=1S/C32H37N3O3/c1-3-27(31(37)33-25-15-6-7-16-25)35(21-24-12-5-4-11-22(24)2)29(36)19-10-20-34-28-18-9-14-23-13-8-17-26(30(23)28)32(34)38/h4-5,8-9,11-14,17-18,25,27H,3,6-7,10,15-16,19-21H2,1-2H3,(H,33,37)/t27-/m0/s1. The number of rotatable bonds is 10. The van der Waals surface area contributed by atoms with Crippen LogP contribution in [0.15, 0.2) is 60.7 Å². The Bertz CT molecular complexity index is 1340. The van der Waals surface area contributed by atoms with Crippen LogP contribution in [0, 0.1) is 6.92 Å². The topological polar surface area (TPSA) is 69.7 Å². The van der Waals surface area contributed by atoms with Crippen molar-refractivity contribution in [1.82, 2.24) is 10.2 Å². The third-order valence-corrected chi connectivity index (χ3v) is 8.11. The Balaban J connectivity index is 1.30. The average Bonchev–Trinajstić information content (AvgIpc) is 3.53. The predicted molar refractivity (Wildman–Crippen MR) is 151 cm³/mol. The molecule has 0 spiro atoms. The fourth-order valence-electron chi connectivity index (χ4n) is 5.99. The van der Waals surface area contributed by atoms with Crippen molar-refractivity contribution < 1.29 is 14.4 Å². The minimum atomic E-state index is -0.519. The molecule has 1 heterocycles. The number of carbonyl (C=O) groups excluding carboxylic acids is 3. The van der Waals surface area contributed by atoms with E-state index in [2.05, 4.69) is 5.32 Å². The van der Waals surface area contributed by atoms with Crippen LogP contribution in [0.4, 0.5) is 5.69 Å². The highest BCUT2D eigenvalue weighted by atomic mass is 16.2. The van der Waals surface area contributed by atoms with Gasteiger partial charge in [-0.05, 0) is 61.3 Å². The van der Waals surface area contributed by atoms with Gasteiger partial charge in [0.1, 0.15) is 6.04 Å². The summed E-state index contributed by atoms with van der Waals surface area (Å²) in [6, 6.07) is 19.5. The molecular formula is C32H37N3O3. The van der Waals surface area contributed by atoms with Gasteiger partial charge >= 0.3 is 0 Å². The van der Waals surface area contributed by atoms with Gasteiger partial charge in [0, 0.05) is 36.5 Å². The Morgan fingerprint density at radius 1 is 1.03 bits per heavy atom. The fourth-order valence-corrected chi connectivity index (χ4v) is 5.99. The lowest BCUT2D eigenvalue weighted by Gasteiger charge is -2.32. The number of hydrogen-bond acceptors (Lipinski definition) is 3. The van der Waals surface area contributed by atoms with E-state index in [4.69, 9.17) is 0 Å². The number of carbonyl (C=O) groups is 3. The summed E-state index contributed by atoms with van der Waals surface area (Å²) in [7, 11) is 0. The minimum Gasteiger partial charge on any atom is -0.352 e. The molecule has 0 radical (unpaired) electrons. The van der Waals surface area contributed by atoms with E-state index in [1.165, 1.54) is 0 Å². The molecule has 6 nitrogen and oxygen atoms in total. The van der Waals surface area contributed by atoms with Gasteiger partial charge in [0.15, 0.2) is 0 Å². The predicted octanol–water partition coefficient (Wildman–Crippen LogP) is 5.75. The molecule has 1 saturated carbocycles. The molecule has 1 aliphatic heterocycles. The molecule has 0 saturated heterocycles. The molecule has 0 bridgehead atoms. The number of hydrogen-bond donors (Lipinski definition) is 1. The molecule has 3 aromatic rings. The zero-order chi connectivity index (χ0) is 26.6. The molecule has 3 aromatic carbocycles. The summed E-state index contributed by atoms with van der Waals surface area (Å²) in [5, 5.41) is 5.25. The van der Waals surface area contributed by atoms with E-state index in [0.29, 0.717) is 25.9 Å². The van der Waals surface area contributed by atoms with Crippen LogP contribution in [0.5, 0.6) is 0 Å². The molecule has 3 amide bonds. The molecular weight excluding hydrogens is 474 g/mol. The number of amides is 3. The second kappa shape index (κ2) is 11.4. The van der Waals surface area contributed by atoms with Crippen LogP contribution in [0.1, 0.15) is 73.4 Å². The molecule has 198 valence electrons. The van der Waals surface area contributed by atoms with Gasteiger partial charge in [0.2, 0.25) is 11.8 Å². The van der Waals surface area contributed by atoms with Gasteiger partial charge < -0.3 is 15.1 Å². The van der Waals surface area contributed by atoms with Crippen molar-refractivity contribution in [2.24, 2.45) is 0 Å². The van der Waals surface area contributed by atoms with Gasteiger partial charge in [-0.1, -0.05) is 68.3 Å². The highest BCUT2D eigenvalue weighted by molar-refractivity contribution is 6.25. The third kappa shape index (κ3) is 5.17. The van der Waals surface area contributed by atoms with Crippen LogP contribution in [0.25, 0.3) is 10.8 Å². The van der Waals surface area contributed by atoms with E-state index in [-0.39, 0.29) is 30.2 Å². The Labute approximate surface area is 225 Å². The summed E-state index contributed by atoms with van der Waals surface area (Å²) in [5.74, 6) is -0.120. The molecule has 1 atom stereocenters. The van der Waals surface area contributed by atoms with Crippen LogP contribution < -0.4 is 10.2 Å². The highest BCUT2D eigenvalue weighted by Gasteiger charge is 2.32. The first-order valence-electron chi connectivity index (χ1n) is 14.0. The van der Waals surface area contributed by atoms with Crippen molar-refractivity contribution in [3.05, 3.63) is 77.4 Å². The quantitative estimate of drug-likeness (QED) is 0.377. The lowest BCUT2D eigenvalue weighted by Crippen LogP contribution is -2.51. The SMILES string of the molecule is CC[C@@H](C(=O)NC1CCCC1)N(Cc1ccccc1C)C(=O)CCCN1C(=O)c2cccc3cccc1c23. The maximum atomic E-state index is 13.7. The smallest absolute Gasteiger partial charge is 0.258 e. The summed E-state index contributed by atoms with van der Waals surface area (Å²) in [4.78, 5) is 43.8. The fraction of sp³-hybridized carbons (Fsp3) is 0.406. The summed E-state index contributed by atoms with van der Waals surface area (Å²) in [5.41, 5.74) is 3.78. The van der Waals surface area contributed by atoms with Crippen LogP contribution in [-0.4, -0.2) is 41.2 Å². The molecule has 1 fully saturated rings. The van der Waals surface area contributed by atoms with Crippen molar-refractivity contribution in [1.29, 1.82) is 0 Å². The van der Waals surface area contributed by atoms with E-state index in [1.807, 2.05) is 74.5 Å². The Hall–Kier alpha value is -3.67. The van der Waals surface area contributed by atoms with Crippen molar-refractivity contribution in [2.75, 3.05) is 11.4 Å². The van der Waals surface area contributed by atoms with Gasteiger partial charge in [-0.25, -0.2) is 0 Å². The normalized spacial score (nSPS) is 15.7. The van der Waals surface area contributed by atoms with E-state index in [9.17, 15) is 14.4 Å². The van der Waals surface area contributed by atoms with E-state index in [0.717, 1.165) is 58.8 Å². The minimum absolute atomic E-state index is 0.0107. The van der Waals surface area contributed by atoms with Crippen molar-refractivity contribution in [3.63, 3.8) is 0 Å². The van der Waals surface area contributed by atoms with Gasteiger partial charge in [0.05, 0.1) is 5.69 Å². The number of nitrogens with zero attached hydrogens (tertiary/aromatic N) is 2. The number of nitrogens with one attached hydrogen (secondary N) is 1. The Morgan fingerprint density at radius 3 is 2.50 bits per heavy atom. The summed E-state index contributed by atoms with van der Waals surface area (Å²) < 4.78 is 0. The second-order valence-electron chi connectivity index (χ2n) is 10.6. The molecule has 38 heavy (non-hydrogen) atoms. The third-order valence-electron chi connectivity index (χ3n) is 8.11. The largest absolute Gasteiger partial charge is 0.352 e. The van der Waals surface area contributed by atoms with Crippen LogP contribution >= 0.6 is 0 Å². The molecule has 1 N–H and O–H groups in total. The number of anilines is 1. The van der Waals surface area contributed by atoms with Gasteiger partial charge in [-0.15, -0.1) is 0 Å². The maximum absolute atomic E-state index is 13.7. The lowest BCUT2D eigenvalue weighted by atomic mass is 10.0. The molecule has 5 rings (SSSR count). The average molecular weight is 512 g/mol.